The Kier molecular flexibility index (Phi) is 9.34. The van der Waals surface area contributed by atoms with Crippen molar-refractivity contribution in [2.24, 2.45) is 0 Å². The molecule has 352 valence electrons. The molecule has 11 aromatic carbocycles. The van der Waals surface area contributed by atoms with E-state index < -0.39 is 0 Å². The van der Waals surface area contributed by atoms with Gasteiger partial charge in [0.25, 0.3) is 0 Å². The lowest BCUT2D eigenvalue weighted by Crippen LogP contribution is -2.14. The monoisotopic (exact) mass is 944 g/mol. The van der Waals surface area contributed by atoms with Crippen molar-refractivity contribution in [2.45, 2.75) is 52.4 Å². The predicted octanol–water partition coefficient (Wildman–Crippen LogP) is 20.4. The quantitative estimate of drug-likeness (QED) is 0.155. The van der Waals surface area contributed by atoms with E-state index in [-0.39, 0.29) is 10.8 Å². The Hall–Kier alpha value is -8.80. The molecule has 0 aliphatic carbocycles. The van der Waals surface area contributed by atoms with Crippen molar-refractivity contribution in [1.82, 2.24) is 0 Å². The van der Waals surface area contributed by atoms with Crippen LogP contribution in [0.15, 0.2) is 220 Å². The average molecular weight is 945 g/mol. The summed E-state index contributed by atoms with van der Waals surface area (Å²) >= 11 is 0. The number of fused-ring (bicyclic) bond motifs is 16. The molecule has 0 saturated heterocycles. The first kappa shape index (κ1) is 43.0. The molecule has 0 atom stereocenters. The number of hydrogen-bond donors (Lipinski definition) is 0. The smallest absolute Gasteiger partial charge is 0.146 e. The number of rotatable bonds is 6. The Balaban J connectivity index is 1.15. The van der Waals surface area contributed by atoms with Gasteiger partial charge in [0.1, 0.15) is 22.3 Å². The lowest BCUT2D eigenvalue weighted by atomic mass is 9.87. The molecule has 3 aromatic heterocycles. The molecule has 0 amide bonds. The molecule has 0 radical (unpaired) electrons. The maximum absolute atomic E-state index is 7.33. The molecule has 5 nitrogen and oxygen atoms in total. The third kappa shape index (κ3) is 6.61. The summed E-state index contributed by atoms with van der Waals surface area (Å²) in [6.07, 6.45) is 3.82. The van der Waals surface area contributed by atoms with Gasteiger partial charge in [-0.2, -0.15) is 0 Å². The Morgan fingerprint density at radius 2 is 0.685 bits per heavy atom. The normalized spacial score (nSPS) is 12.5. The van der Waals surface area contributed by atoms with Crippen molar-refractivity contribution in [2.75, 3.05) is 9.80 Å². The molecule has 0 unspecified atom stereocenters. The van der Waals surface area contributed by atoms with Crippen LogP contribution >= 0.6 is 0 Å². The minimum atomic E-state index is -0.0155. The number of benzene rings is 11. The highest BCUT2D eigenvalue weighted by Gasteiger charge is 2.30. The molecule has 0 fully saturated rings. The Labute approximate surface area is 423 Å². The first-order valence-corrected chi connectivity index (χ1v) is 25.3. The van der Waals surface area contributed by atoms with Crippen LogP contribution in [-0.2, 0) is 10.8 Å². The van der Waals surface area contributed by atoms with Crippen LogP contribution in [-0.4, -0.2) is 0 Å². The van der Waals surface area contributed by atoms with Crippen LogP contribution in [0.5, 0.6) is 0 Å². The Morgan fingerprint density at radius 1 is 0.315 bits per heavy atom. The summed E-state index contributed by atoms with van der Waals surface area (Å²) < 4.78 is 21.0. The molecule has 0 aliphatic rings. The zero-order valence-electron chi connectivity index (χ0n) is 41.7. The molecule has 3 heterocycles. The van der Waals surface area contributed by atoms with Gasteiger partial charge in [0.15, 0.2) is 0 Å². The minimum absolute atomic E-state index is 0.0155. The highest BCUT2D eigenvalue weighted by molar-refractivity contribution is 6.40. The van der Waals surface area contributed by atoms with Gasteiger partial charge in [-0.1, -0.05) is 175 Å². The molecule has 14 aromatic rings. The van der Waals surface area contributed by atoms with Crippen LogP contribution < -0.4 is 9.80 Å². The molecule has 0 spiro atoms. The fourth-order valence-corrected chi connectivity index (χ4v) is 11.6. The fraction of sp³-hybridized carbons (Fsp3) is 0.118. The second-order valence-electron chi connectivity index (χ2n) is 21.7. The SMILES string of the molecule is CC(C)(C)c1ccc(N(c2cccc3ccccc23)c2cc3c4cocc4c4cc(N(c5ccc(C(C)(C)C)cc5)c5cccc6ccccc56)c5c6ccccc6oc5c4c3c3oc4ccccc4c23)cc1. The summed E-state index contributed by atoms with van der Waals surface area (Å²) in [5.41, 5.74) is 12.0. The van der Waals surface area contributed by atoms with Crippen LogP contribution in [0, 0.1) is 0 Å². The van der Waals surface area contributed by atoms with Gasteiger partial charge in [0, 0.05) is 54.5 Å². The van der Waals surface area contributed by atoms with Gasteiger partial charge in [-0.3, -0.25) is 0 Å². The predicted molar refractivity (Wildman–Crippen MR) is 308 cm³/mol. The standard InChI is InChI=1S/C68H52N2O3/c1-67(2,3)43-29-33-45(34-30-43)69(55-25-15-19-41-17-7-9-21-47(41)55)57-37-51-53-39-71-40-54(53)52-38-58(70(46-35-31-44(32-36-46)68(4,5)6)56-26-16-20-42-18-8-10-22-48(42)56)62-50-24-12-14-28-60(50)73-66(62)64(52)63(51)65-61(57)49-23-11-13-27-59(49)72-65/h7-40H,1-6H3. The molecule has 5 heteroatoms. The summed E-state index contributed by atoms with van der Waals surface area (Å²) in [6.45, 7) is 13.6. The van der Waals surface area contributed by atoms with Gasteiger partial charge in [-0.15, -0.1) is 0 Å². The van der Waals surface area contributed by atoms with E-state index in [4.69, 9.17) is 13.3 Å². The van der Waals surface area contributed by atoms with Crippen molar-refractivity contribution in [3.8, 4) is 0 Å². The van der Waals surface area contributed by atoms with Crippen molar-refractivity contribution in [3.63, 3.8) is 0 Å². The van der Waals surface area contributed by atoms with E-state index in [2.05, 4.69) is 245 Å². The number of hydrogen-bond acceptors (Lipinski definition) is 5. The molecule has 0 saturated carbocycles. The van der Waals surface area contributed by atoms with Crippen LogP contribution in [0.4, 0.5) is 34.1 Å². The van der Waals surface area contributed by atoms with Crippen molar-refractivity contribution >= 4 is 132 Å². The zero-order valence-corrected chi connectivity index (χ0v) is 41.7. The van der Waals surface area contributed by atoms with Gasteiger partial charge in [-0.25, -0.2) is 0 Å². The molecule has 0 N–H and O–H groups in total. The number of nitrogens with zero attached hydrogens (tertiary/aromatic N) is 2. The average Bonchev–Trinajstić information content (AvgIpc) is 4.17. The Morgan fingerprint density at radius 3 is 1.10 bits per heavy atom. The van der Waals surface area contributed by atoms with Crippen LogP contribution in [0.3, 0.4) is 0 Å². The Bertz CT molecular complexity index is 4220. The highest BCUT2D eigenvalue weighted by atomic mass is 16.3. The summed E-state index contributed by atoms with van der Waals surface area (Å²) in [7, 11) is 0. The first-order chi connectivity index (χ1) is 35.5. The minimum Gasteiger partial charge on any atom is -0.471 e. The van der Waals surface area contributed by atoms with E-state index in [1.807, 2.05) is 12.5 Å². The lowest BCUT2D eigenvalue weighted by molar-refractivity contribution is 0.573. The molecule has 14 rings (SSSR count). The van der Waals surface area contributed by atoms with Gasteiger partial charge >= 0.3 is 0 Å². The fourth-order valence-electron chi connectivity index (χ4n) is 11.6. The van der Waals surface area contributed by atoms with E-state index >= 15 is 0 Å². The summed E-state index contributed by atoms with van der Waals surface area (Å²) in [6, 6.07) is 70.4. The third-order valence-corrected chi connectivity index (χ3v) is 15.2. The molecular weight excluding hydrogens is 893 g/mol. The van der Waals surface area contributed by atoms with Crippen LogP contribution in [0.1, 0.15) is 52.7 Å². The third-order valence-electron chi connectivity index (χ3n) is 15.2. The van der Waals surface area contributed by atoms with E-state index in [9.17, 15) is 0 Å². The summed E-state index contributed by atoms with van der Waals surface area (Å²) in [5, 5.41) is 14.7. The number of para-hydroxylation sites is 2. The topological polar surface area (TPSA) is 45.9 Å². The van der Waals surface area contributed by atoms with E-state index in [1.54, 1.807) is 0 Å². The van der Waals surface area contributed by atoms with Crippen LogP contribution in [0.25, 0.3) is 97.7 Å². The second kappa shape index (κ2) is 15.9. The maximum Gasteiger partial charge on any atom is 0.146 e. The summed E-state index contributed by atoms with van der Waals surface area (Å²) in [4.78, 5) is 4.86. The lowest BCUT2D eigenvalue weighted by Gasteiger charge is -2.30. The van der Waals surface area contributed by atoms with Gasteiger partial charge in [-0.05, 0) is 104 Å². The molecule has 0 bridgehead atoms. The summed E-state index contributed by atoms with van der Waals surface area (Å²) in [5.74, 6) is 0. The van der Waals surface area contributed by atoms with Crippen molar-refractivity contribution in [3.05, 3.63) is 218 Å². The van der Waals surface area contributed by atoms with Gasteiger partial charge in [0.2, 0.25) is 0 Å². The molecule has 0 aliphatic heterocycles. The van der Waals surface area contributed by atoms with Gasteiger partial charge in [0.05, 0.1) is 46.0 Å². The number of furan rings is 3. The zero-order chi connectivity index (χ0) is 49.3. The number of anilines is 6. The van der Waals surface area contributed by atoms with Crippen molar-refractivity contribution in [1.29, 1.82) is 0 Å². The largest absolute Gasteiger partial charge is 0.471 e. The maximum atomic E-state index is 7.33. The van der Waals surface area contributed by atoms with Crippen molar-refractivity contribution < 1.29 is 13.3 Å². The second-order valence-corrected chi connectivity index (χ2v) is 21.7. The molecular formula is C68H52N2O3. The highest BCUT2D eigenvalue weighted by Crippen LogP contribution is 2.55. The van der Waals surface area contributed by atoms with E-state index in [1.165, 1.54) is 21.9 Å². The molecule has 73 heavy (non-hydrogen) atoms. The van der Waals surface area contributed by atoms with Crippen LogP contribution in [0.2, 0.25) is 0 Å². The van der Waals surface area contributed by atoms with E-state index in [0.717, 1.165) is 121 Å². The van der Waals surface area contributed by atoms with Gasteiger partial charge < -0.3 is 23.1 Å². The first-order valence-electron chi connectivity index (χ1n) is 25.3. The van der Waals surface area contributed by atoms with E-state index in [0.29, 0.717) is 0 Å².